The largest absolute Gasteiger partial charge is 0.397 e. The summed E-state index contributed by atoms with van der Waals surface area (Å²) in [6.45, 7) is 2.83. The second-order valence-electron chi connectivity index (χ2n) is 12.2. The van der Waals surface area contributed by atoms with Gasteiger partial charge in [0.05, 0.1) is 25.4 Å². The van der Waals surface area contributed by atoms with Crippen molar-refractivity contribution in [2.24, 2.45) is 0 Å². The molecule has 8 unspecified atom stereocenters. The van der Waals surface area contributed by atoms with Crippen LogP contribution in [0.3, 0.4) is 0 Å². The van der Waals surface area contributed by atoms with E-state index in [9.17, 15) is 38.7 Å². The molecule has 0 spiro atoms. The molecule has 1 saturated heterocycles. The van der Waals surface area contributed by atoms with E-state index in [0.29, 0.717) is 19.3 Å². The van der Waals surface area contributed by atoms with E-state index < -0.39 is 78.5 Å². The van der Waals surface area contributed by atoms with E-state index in [0.717, 1.165) is 25.7 Å². The molecular weight excluding hydrogens is 670 g/mol. The molecule has 1 aliphatic rings. The lowest BCUT2D eigenvalue weighted by Gasteiger charge is -2.41. The van der Waals surface area contributed by atoms with Gasteiger partial charge in [-0.15, -0.1) is 0 Å². The van der Waals surface area contributed by atoms with Gasteiger partial charge in [-0.2, -0.15) is 8.42 Å². The quantitative estimate of drug-likeness (QED) is 0.0366. The van der Waals surface area contributed by atoms with Crippen LogP contribution in [-0.2, 0) is 28.9 Å². The minimum absolute atomic E-state index is 0.0200. The molecule has 1 heterocycles. The van der Waals surface area contributed by atoms with Gasteiger partial charge in [-0.25, -0.2) is 4.18 Å². The molecule has 1 rings (SSSR count). The number of unbranched alkanes of at least 4 members (excludes halogenated alkanes) is 8. The molecule has 288 valence electrons. The first-order chi connectivity index (χ1) is 23.9. The molecular formula is C36H61NO12S. The number of nitrogens with one attached hydrogen (secondary N) is 1. The van der Waals surface area contributed by atoms with Crippen molar-refractivity contribution in [3.8, 4) is 0 Å². The maximum absolute atomic E-state index is 12.9. The van der Waals surface area contributed by atoms with Gasteiger partial charge >= 0.3 is 10.4 Å². The Kier molecular flexibility index (Phi) is 25.1. The second kappa shape index (κ2) is 27.4. The van der Waals surface area contributed by atoms with Crippen LogP contribution in [-0.4, -0.2) is 107 Å². The number of amides is 1. The molecule has 1 amide bonds. The Morgan fingerprint density at radius 2 is 1.48 bits per heavy atom. The van der Waals surface area contributed by atoms with Crippen molar-refractivity contribution >= 4 is 16.3 Å². The number of hydrogen-bond acceptors (Lipinski definition) is 11. The van der Waals surface area contributed by atoms with E-state index in [-0.39, 0.29) is 6.42 Å². The summed E-state index contributed by atoms with van der Waals surface area (Å²) >= 11 is 0. The number of rotatable bonds is 27. The fourth-order valence-corrected chi connectivity index (χ4v) is 5.58. The van der Waals surface area contributed by atoms with E-state index in [1.165, 1.54) is 38.2 Å². The lowest BCUT2D eigenvalue weighted by atomic mass is 9.99. The van der Waals surface area contributed by atoms with Crippen molar-refractivity contribution < 1.29 is 57.0 Å². The molecule has 0 aromatic carbocycles. The summed E-state index contributed by atoms with van der Waals surface area (Å²) in [5.41, 5.74) is 0. The fraction of sp³-hybridized carbons (Fsp3) is 0.694. The fourth-order valence-electron chi connectivity index (χ4n) is 5.07. The van der Waals surface area contributed by atoms with Gasteiger partial charge in [0.15, 0.2) is 6.29 Å². The monoisotopic (exact) mass is 731 g/mol. The van der Waals surface area contributed by atoms with Crippen LogP contribution in [0.25, 0.3) is 0 Å². The lowest BCUT2D eigenvalue weighted by molar-refractivity contribution is -0.298. The van der Waals surface area contributed by atoms with Crippen LogP contribution < -0.4 is 5.32 Å². The highest BCUT2D eigenvalue weighted by Gasteiger charge is 2.48. The molecule has 50 heavy (non-hydrogen) atoms. The standard InChI is InChI=1S/C36H61NO12S/c1-3-5-7-9-11-13-14-15-17-19-21-23-25-30(40)35(43)37-28(29(39)24-22-20-18-16-12-10-8-6-4-2)27-47-36-33(42)34(49-50(44,45)46)32(41)31(26-38)48-36/h4,6,12,15-17,21-24,28-34,36,38-42H,3,5,7-11,13-14,18-20,25-27H2,1-2H3,(H,37,43)(H,44,45,46)/b6-4+,16-12+,17-15-,23-21-,24-22+. The van der Waals surface area contributed by atoms with E-state index in [2.05, 4.69) is 34.7 Å². The van der Waals surface area contributed by atoms with E-state index >= 15 is 0 Å². The summed E-state index contributed by atoms with van der Waals surface area (Å²) in [4.78, 5) is 12.9. The van der Waals surface area contributed by atoms with Gasteiger partial charge < -0.3 is 40.3 Å². The molecule has 0 aliphatic carbocycles. The van der Waals surface area contributed by atoms with Crippen LogP contribution in [0.5, 0.6) is 0 Å². The van der Waals surface area contributed by atoms with Crippen LogP contribution in [0.15, 0.2) is 60.8 Å². The summed E-state index contributed by atoms with van der Waals surface area (Å²) in [6.07, 6.45) is 19.6. The zero-order chi connectivity index (χ0) is 37.2. The second-order valence-corrected chi connectivity index (χ2v) is 13.3. The average molecular weight is 732 g/mol. The lowest BCUT2D eigenvalue weighted by Crippen LogP contribution is -2.61. The number of allylic oxidation sites excluding steroid dienone is 8. The molecule has 0 aromatic rings. The zero-order valence-electron chi connectivity index (χ0n) is 29.5. The number of carbonyl (C=O) groups is 1. The Morgan fingerprint density at radius 3 is 2.14 bits per heavy atom. The van der Waals surface area contributed by atoms with Crippen molar-refractivity contribution in [2.75, 3.05) is 13.2 Å². The molecule has 1 aliphatic heterocycles. The van der Waals surface area contributed by atoms with Crippen LogP contribution in [0.1, 0.15) is 97.3 Å². The molecule has 13 nitrogen and oxygen atoms in total. The summed E-state index contributed by atoms with van der Waals surface area (Å²) in [7, 11) is -5.12. The average Bonchev–Trinajstić information content (AvgIpc) is 3.08. The van der Waals surface area contributed by atoms with E-state index in [1.807, 2.05) is 31.2 Å². The van der Waals surface area contributed by atoms with Gasteiger partial charge in [-0.05, 0) is 51.9 Å². The number of aliphatic hydroxyl groups excluding tert-OH is 5. The predicted molar refractivity (Wildman–Crippen MR) is 191 cm³/mol. The Bertz CT molecular complexity index is 1160. The smallest absolute Gasteiger partial charge is 0.394 e. The van der Waals surface area contributed by atoms with Crippen molar-refractivity contribution in [1.82, 2.24) is 5.32 Å². The van der Waals surface area contributed by atoms with Crippen LogP contribution >= 0.6 is 0 Å². The number of aliphatic hydroxyl groups is 5. The third kappa shape index (κ3) is 20.6. The van der Waals surface area contributed by atoms with Gasteiger partial charge in [-0.1, -0.05) is 99.8 Å². The van der Waals surface area contributed by atoms with Crippen LogP contribution in [0, 0.1) is 0 Å². The first-order valence-corrected chi connectivity index (χ1v) is 19.1. The summed E-state index contributed by atoms with van der Waals surface area (Å²) in [5.74, 6) is -0.792. The maximum atomic E-state index is 12.9. The number of ether oxygens (including phenoxy) is 2. The van der Waals surface area contributed by atoms with Gasteiger partial charge in [0.2, 0.25) is 5.91 Å². The van der Waals surface area contributed by atoms with Gasteiger partial charge in [0, 0.05) is 6.42 Å². The first kappa shape index (κ1) is 45.8. The highest BCUT2D eigenvalue weighted by Crippen LogP contribution is 2.26. The van der Waals surface area contributed by atoms with Crippen LogP contribution in [0.2, 0.25) is 0 Å². The third-order valence-electron chi connectivity index (χ3n) is 7.96. The maximum Gasteiger partial charge on any atom is 0.397 e. The summed E-state index contributed by atoms with van der Waals surface area (Å²) in [6, 6.07) is -1.17. The van der Waals surface area contributed by atoms with Gasteiger partial charge in [-0.3, -0.25) is 9.35 Å². The van der Waals surface area contributed by atoms with Crippen molar-refractivity contribution in [2.45, 2.75) is 146 Å². The Balaban J connectivity index is 2.82. The number of hydrogen-bond donors (Lipinski definition) is 7. The minimum atomic E-state index is -5.12. The van der Waals surface area contributed by atoms with Crippen molar-refractivity contribution in [3.63, 3.8) is 0 Å². The molecule has 7 N–H and O–H groups in total. The van der Waals surface area contributed by atoms with Crippen molar-refractivity contribution in [1.29, 1.82) is 0 Å². The number of carbonyl (C=O) groups excluding carboxylic acids is 1. The first-order valence-electron chi connectivity index (χ1n) is 17.7. The summed E-state index contributed by atoms with van der Waals surface area (Å²) < 4.78 is 47.0. The Hall–Kier alpha value is -2.24. The molecule has 0 radical (unpaired) electrons. The zero-order valence-corrected chi connectivity index (χ0v) is 30.4. The van der Waals surface area contributed by atoms with E-state index in [4.69, 9.17) is 14.0 Å². The van der Waals surface area contributed by atoms with E-state index in [1.54, 1.807) is 12.2 Å². The Morgan fingerprint density at radius 1 is 0.860 bits per heavy atom. The summed E-state index contributed by atoms with van der Waals surface area (Å²) in [5, 5.41) is 54.5. The highest BCUT2D eigenvalue weighted by atomic mass is 32.3. The molecule has 14 heteroatoms. The normalized spacial score (nSPS) is 23.9. The van der Waals surface area contributed by atoms with Crippen LogP contribution in [0.4, 0.5) is 0 Å². The van der Waals surface area contributed by atoms with Gasteiger partial charge in [0.25, 0.3) is 0 Å². The molecule has 0 aromatic heterocycles. The Labute approximate surface area is 298 Å². The minimum Gasteiger partial charge on any atom is -0.394 e. The topological polar surface area (TPSA) is 212 Å². The van der Waals surface area contributed by atoms with Gasteiger partial charge in [0.1, 0.15) is 30.5 Å². The highest BCUT2D eigenvalue weighted by molar-refractivity contribution is 7.80. The molecule has 0 bridgehead atoms. The molecule has 1 fully saturated rings. The molecule has 8 atom stereocenters. The van der Waals surface area contributed by atoms with Crippen molar-refractivity contribution in [3.05, 3.63) is 60.8 Å². The predicted octanol–water partition coefficient (Wildman–Crippen LogP) is 3.73. The molecule has 0 saturated carbocycles. The third-order valence-corrected chi connectivity index (χ3v) is 8.43. The SMILES string of the molecule is C/C=C/CC/C=C/CC/C=C/C(O)C(COC1OC(CO)C(O)C(OS(=O)(=O)O)C1O)NC(=O)C(O)C/C=C\C/C=C\CCCCCCCC.